The molecule has 0 amide bonds. The molecule has 0 fully saturated rings. The Morgan fingerprint density at radius 1 is 1.42 bits per heavy atom. The summed E-state index contributed by atoms with van der Waals surface area (Å²) in [4.78, 5) is 5.85. The summed E-state index contributed by atoms with van der Waals surface area (Å²) < 4.78 is 0. The Hall–Kier alpha value is -0.450. The van der Waals surface area contributed by atoms with Crippen LogP contribution in [-0.2, 0) is 6.42 Å². The van der Waals surface area contributed by atoms with Crippen LogP contribution >= 0.6 is 11.3 Å². The third-order valence-electron chi connectivity index (χ3n) is 3.24. The van der Waals surface area contributed by atoms with E-state index in [4.69, 9.17) is 5.73 Å². The van der Waals surface area contributed by atoms with Crippen molar-refractivity contribution in [2.45, 2.75) is 53.5 Å². The summed E-state index contributed by atoms with van der Waals surface area (Å²) in [7, 11) is 0. The molecule has 0 aliphatic carbocycles. The van der Waals surface area contributed by atoms with Crippen molar-refractivity contribution in [3.63, 3.8) is 0 Å². The van der Waals surface area contributed by atoms with E-state index in [0.29, 0.717) is 17.4 Å². The molecular formula is C15H29N3S. The molecule has 1 heterocycles. The van der Waals surface area contributed by atoms with Gasteiger partial charge in [-0.2, -0.15) is 0 Å². The van der Waals surface area contributed by atoms with E-state index in [2.05, 4.69) is 44.9 Å². The van der Waals surface area contributed by atoms with Crippen molar-refractivity contribution in [1.82, 2.24) is 10.3 Å². The molecule has 0 spiro atoms. The van der Waals surface area contributed by atoms with Crippen molar-refractivity contribution in [2.24, 2.45) is 17.1 Å². The maximum absolute atomic E-state index is 5.88. The molecule has 2 atom stereocenters. The zero-order valence-corrected chi connectivity index (χ0v) is 13.8. The first-order valence-corrected chi connectivity index (χ1v) is 8.05. The van der Waals surface area contributed by atoms with Gasteiger partial charge in [-0.15, -0.1) is 11.3 Å². The van der Waals surface area contributed by atoms with Gasteiger partial charge in [-0.05, 0) is 44.2 Å². The smallest absolute Gasteiger partial charge is 0.109 e. The highest BCUT2D eigenvalue weighted by Crippen LogP contribution is 2.25. The lowest BCUT2D eigenvalue weighted by Gasteiger charge is -2.26. The van der Waals surface area contributed by atoms with Crippen LogP contribution in [0.15, 0.2) is 6.20 Å². The molecule has 1 aromatic rings. The number of nitrogens with one attached hydrogen (secondary N) is 1. The Morgan fingerprint density at radius 3 is 2.58 bits per heavy atom. The highest BCUT2D eigenvalue weighted by molar-refractivity contribution is 7.11. The monoisotopic (exact) mass is 283 g/mol. The molecule has 3 nitrogen and oxygen atoms in total. The van der Waals surface area contributed by atoms with E-state index in [1.54, 1.807) is 0 Å². The number of thiazole rings is 1. The van der Waals surface area contributed by atoms with Gasteiger partial charge in [-0.1, -0.05) is 27.7 Å². The van der Waals surface area contributed by atoms with Gasteiger partial charge < -0.3 is 11.1 Å². The van der Waals surface area contributed by atoms with Crippen LogP contribution in [0.3, 0.4) is 0 Å². The molecule has 3 N–H and O–H groups in total. The number of hydrogen-bond donors (Lipinski definition) is 2. The Kier molecular flexibility index (Phi) is 6.43. The second-order valence-corrected chi connectivity index (χ2v) is 7.66. The second-order valence-electron chi connectivity index (χ2n) is 6.51. The van der Waals surface area contributed by atoms with Gasteiger partial charge in [0.25, 0.3) is 0 Å². The van der Waals surface area contributed by atoms with Crippen molar-refractivity contribution in [2.75, 3.05) is 13.1 Å². The first-order chi connectivity index (χ1) is 8.85. The summed E-state index contributed by atoms with van der Waals surface area (Å²) in [6.45, 7) is 12.9. The number of hydrogen-bond acceptors (Lipinski definition) is 4. The minimum absolute atomic E-state index is 0.319. The molecule has 1 aromatic heterocycles. The molecule has 4 heteroatoms. The van der Waals surface area contributed by atoms with Gasteiger partial charge in [0.15, 0.2) is 0 Å². The third-order valence-corrected chi connectivity index (χ3v) is 4.56. The van der Waals surface area contributed by atoms with Crippen LogP contribution in [0.25, 0.3) is 0 Å². The molecule has 110 valence electrons. The van der Waals surface area contributed by atoms with Crippen molar-refractivity contribution < 1.29 is 0 Å². The summed E-state index contributed by atoms with van der Waals surface area (Å²) in [5.41, 5.74) is 6.22. The summed E-state index contributed by atoms with van der Waals surface area (Å²) in [6.07, 6.45) is 4.22. The Balaban J connectivity index is 2.45. The topological polar surface area (TPSA) is 50.9 Å². The van der Waals surface area contributed by atoms with Crippen molar-refractivity contribution >= 4 is 11.3 Å². The number of aromatic nitrogens is 1. The van der Waals surface area contributed by atoms with Crippen LogP contribution in [0.5, 0.6) is 0 Å². The van der Waals surface area contributed by atoms with Gasteiger partial charge in [-0.3, -0.25) is 0 Å². The van der Waals surface area contributed by atoms with Crippen LogP contribution in [-0.4, -0.2) is 18.1 Å². The van der Waals surface area contributed by atoms with Crippen molar-refractivity contribution in [1.29, 1.82) is 0 Å². The fourth-order valence-corrected chi connectivity index (χ4v) is 3.11. The zero-order chi connectivity index (χ0) is 14.5. The van der Waals surface area contributed by atoms with Crippen LogP contribution in [0.2, 0.25) is 0 Å². The average molecular weight is 283 g/mol. The van der Waals surface area contributed by atoms with Gasteiger partial charge in [0, 0.05) is 11.1 Å². The molecule has 0 aromatic carbocycles. The molecule has 0 saturated heterocycles. The maximum Gasteiger partial charge on any atom is 0.109 e. The van der Waals surface area contributed by atoms with E-state index < -0.39 is 0 Å². The second kappa shape index (κ2) is 7.36. The van der Waals surface area contributed by atoms with Crippen LogP contribution < -0.4 is 11.1 Å². The minimum atomic E-state index is 0.319. The van der Waals surface area contributed by atoms with E-state index in [1.165, 1.54) is 9.88 Å². The Morgan fingerprint density at radius 2 is 2.11 bits per heavy atom. The molecular weight excluding hydrogens is 254 g/mol. The third kappa shape index (κ3) is 6.02. The number of nitrogens with zero attached hydrogens (tertiary/aromatic N) is 1. The fourth-order valence-electron chi connectivity index (χ4n) is 2.22. The zero-order valence-electron chi connectivity index (χ0n) is 13.0. The molecule has 0 bridgehead atoms. The summed E-state index contributed by atoms with van der Waals surface area (Å²) in [5.74, 6) is 0.535. The lowest BCUT2D eigenvalue weighted by atomic mass is 9.84. The van der Waals surface area contributed by atoms with E-state index >= 15 is 0 Å². The quantitative estimate of drug-likeness (QED) is 0.806. The Bertz CT molecular complexity index is 368. The van der Waals surface area contributed by atoms with Gasteiger partial charge >= 0.3 is 0 Å². The molecule has 0 radical (unpaired) electrons. The predicted molar refractivity (Wildman–Crippen MR) is 84.5 cm³/mol. The SMILES string of the molecule is CCc1cnc(C(C)NCC(CN)CC(C)(C)C)s1. The van der Waals surface area contributed by atoms with Crippen LogP contribution in [0.1, 0.15) is 57.0 Å². The first kappa shape index (κ1) is 16.6. The van der Waals surface area contributed by atoms with Crippen LogP contribution in [0, 0.1) is 11.3 Å². The van der Waals surface area contributed by atoms with Crippen molar-refractivity contribution in [3.8, 4) is 0 Å². The van der Waals surface area contributed by atoms with Gasteiger partial charge in [0.1, 0.15) is 5.01 Å². The van der Waals surface area contributed by atoms with Gasteiger partial charge in [-0.25, -0.2) is 4.98 Å². The predicted octanol–water partition coefficient (Wildman–Crippen LogP) is 3.37. The largest absolute Gasteiger partial charge is 0.330 e. The lowest BCUT2D eigenvalue weighted by molar-refractivity contribution is 0.284. The molecule has 0 aliphatic heterocycles. The first-order valence-electron chi connectivity index (χ1n) is 7.23. The Labute approximate surface area is 122 Å². The minimum Gasteiger partial charge on any atom is -0.330 e. The summed E-state index contributed by atoms with van der Waals surface area (Å²) >= 11 is 1.81. The van der Waals surface area contributed by atoms with Crippen LogP contribution in [0.4, 0.5) is 0 Å². The highest BCUT2D eigenvalue weighted by Gasteiger charge is 2.19. The molecule has 1 rings (SSSR count). The molecule has 0 saturated carbocycles. The summed E-state index contributed by atoms with van der Waals surface area (Å²) in [6, 6.07) is 0.319. The normalized spacial score (nSPS) is 15.5. The standard InChI is InChI=1S/C15H29N3S/c1-6-13-10-18-14(19-13)11(2)17-9-12(8-16)7-15(3,4)5/h10-12,17H,6-9,16H2,1-5H3. The number of nitrogens with two attached hydrogens (primary N) is 1. The van der Waals surface area contributed by atoms with Gasteiger partial charge in [0.2, 0.25) is 0 Å². The molecule has 2 unspecified atom stereocenters. The number of aryl methyl sites for hydroxylation is 1. The fraction of sp³-hybridized carbons (Fsp3) is 0.800. The average Bonchev–Trinajstić information content (AvgIpc) is 2.81. The number of rotatable bonds is 7. The molecule has 0 aliphatic rings. The van der Waals surface area contributed by atoms with E-state index in [-0.39, 0.29) is 0 Å². The van der Waals surface area contributed by atoms with Gasteiger partial charge in [0.05, 0.1) is 6.04 Å². The highest BCUT2D eigenvalue weighted by atomic mass is 32.1. The van der Waals surface area contributed by atoms with E-state index in [1.807, 2.05) is 17.5 Å². The van der Waals surface area contributed by atoms with Crippen molar-refractivity contribution in [3.05, 3.63) is 16.1 Å². The summed E-state index contributed by atoms with van der Waals surface area (Å²) in [5, 5.41) is 4.76. The maximum atomic E-state index is 5.88. The van der Waals surface area contributed by atoms with E-state index in [0.717, 1.165) is 25.9 Å². The lowest BCUT2D eigenvalue weighted by Crippen LogP contribution is -2.32. The molecule has 19 heavy (non-hydrogen) atoms. The van der Waals surface area contributed by atoms with E-state index in [9.17, 15) is 0 Å².